The summed E-state index contributed by atoms with van der Waals surface area (Å²) in [6.45, 7) is 6.46. The molecule has 1 aromatic heterocycles. The molecule has 1 aliphatic heterocycles. The van der Waals surface area contributed by atoms with Gasteiger partial charge in [-0.2, -0.15) is 9.89 Å². The zero-order valence-corrected chi connectivity index (χ0v) is 11.0. The van der Waals surface area contributed by atoms with Gasteiger partial charge in [0.2, 0.25) is 0 Å². The summed E-state index contributed by atoms with van der Waals surface area (Å²) in [5, 5.41) is 7.91. The van der Waals surface area contributed by atoms with Crippen LogP contribution in [0.1, 0.15) is 20.8 Å². The Morgan fingerprint density at radius 1 is 1.17 bits per heavy atom. The van der Waals surface area contributed by atoms with Crippen LogP contribution in [0.2, 0.25) is 0 Å². The Labute approximate surface area is 107 Å². The van der Waals surface area contributed by atoms with Crippen LogP contribution < -0.4 is 5.01 Å². The first-order valence-corrected chi connectivity index (χ1v) is 6.26. The number of benzene rings is 1. The van der Waals surface area contributed by atoms with Crippen LogP contribution in [0.4, 0.5) is 0 Å². The fourth-order valence-electron chi connectivity index (χ4n) is 2.67. The van der Waals surface area contributed by atoms with Crippen molar-refractivity contribution in [3.05, 3.63) is 53.9 Å². The van der Waals surface area contributed by atoms with Crippen molar-refractivity contribution < 1.29 is 0 Å². The monoisotopic (exact) mass is 239 g/mol. The average molecular weight is 239 g/mol. The van der Waals surface area contributed by atoms with Gasteiger partial charge >= 0.3 is 0 Å². The van der Waals surface area contributed by atoms with E-state index in [0.717, 1.165) is 5.52 Å². The molecule has 0 aliphatic carbocycles. The summed E-state index contributed by atoms with van der Waals surface area (Å²) in [5.74, 6) is 0. The number of hydrogen-bond acceptors (Lipinski definition) is 2. The van der Waals surface area contributed by atoms with Gasteiger partial charge in [0.05, 0.1) is 17.8 Å². The van der Waals surface area contributed by atoms with Crippen molar-refractivity contribution in [2.45, 2.75) is 26.8 Å². The van der Waals surface area contributed by atoms with Gasteiger partial charge in [0, 0.05) is 11.1 Å². The lowest BCUT2D eigenvalue weighted by Crippen LogP contribution is -2.41. The Bertz CT molecular complexity index is 649. The Morgan fingerprint density at radius 2 is 1.94 bits per heavy atom. The number of para-hydroxylation sites is 1. The Balaban J connectivity index is 2.13. The first-order chi connectivity index (χ1) is 8.66. The Hall–Kier alpha value is -2.03. The predicted molar refractivity (Wildman–Crippen MR) is 74.9 cm³/mol. The van der Waals surface area contributed by atoms with Crippen LogP contribution in [0.5, 0.6) is 0 Å². The highest BCUT2D eigenvalue weighted by Gasteiger charge is 2.20. The van der Waals surface area contributed by atoms with Crippen LogP contribution in [0.25, 0.3) is 10.9 Å². The zero-order chi connectivity index (χ0) is 12.7. The molecular formula is C15H17N3. The number of nitrogens with zero attached hydrogens (tertiary/aromatic N) is 3. The summed E-state index contributed by atoms with van der Waals surface area (Å²) in [4.78, 5) is 1.99. The maximum Gasteiger partial charge on any atom is 0.0924 e. The van der Waals surface area contributed by atoms with E-state index in [0.29, 0.717) is 6.04 Å². The van der Waals surface area contributed by atoms with E-state index in [1.165, 1.54) is 16.7 Å². The van der Waals surface area contributed by atoms with Crippen molar-refractivity contribution in [1.29, 1.82) is 0 Å². The highest BCUT2D eigenvalue weighted by Crippen LogP contribution is 2.21. The quantitative estimate of drug-likeness (QED) is 0.762. The van der Waals surface area contributed by atoms with Crippen LogP contribution in [0.3, 0.4) is 0 Å². The van der Waals surface area contributed by atoms with Crippen molar-refractivity contribution in [1.82, 2.24) is 9.89 Å². The van der Waals surface area contributed by atoms with E-state index in [-0.39, 0.29) is 0 Å². The largest absolute Gasteiger partial charge is 0.263 e. The summed E-state index contributed by atoms with van der Waals surface area (Å²) in [7, 11) is 0. The second-order valence-electron chi connectivity index (χ2n) is 4.87. The molecule has 18 heavy (non-hydrogen) atoms. The molecule has 0 saturated heterocycles. The van der Waals surface area contributed by atoms with Gasteiger partial charge in [-0.25, -0.2) is 0 Å². The van der Waals surface area contributed by atoms with Crippen molar-refractivity contribution in [3.8, 4) is 0 Å². The molecule has 2 aromatic rings. The minimum absolute atomic E-state index is 0.318. The molecule has 0 fully saturated rings. The third-order valence-electron chi connectivity index (χ3n) is 3.35. The second-order valence-corrected chi connectivity index (χ2v) is 4.87. The number of fused-ring (bicyclic) bond motifs is 1. The maximum absolute atomic E-state index is 4.52. The number of hydrogen-bond donors (Lipinski definition) is 0. The molecular weight excluding hydrogens is 222 g/mol. The third kappa shape index (κ3) is 1.63. The molecule has 0 amide bonds. The van der Waals surface area contributed by atoms with Gasteiger partial charge in [-0.15, -0.1) is 0 Å². The molecule has 1 aliphatic rings. The first kappa shape index (κ1) is 11.1. The summed E-state index contributed by atoms with van der Waals surface area (Å²) in [6, 6.07) is 8.61. The standard InChI is InChI=1S/C15H17N3/c1-11-8-12(2)17(13(3)9-11)18-15-7-5-4-6-14(15)10-16-18/h4-10,12H,1-3H3. The van der Waals surface area contributed by atoms with E-state index < -0.39 is 0 Å². The predicted octanol–water partition coefficient (Wildman–Crippen LogP) is 3.23. The lowest BCUT2D eigenvalue weighted by molar-refractivity contribution is 0.559. The second kappa shape index (κ2) is 4.02. The minimum atomic E-state index is 0.318. The maximum atomic E-state index is 4.52. The van der Waals surface area contributed by atoms with Crippen LogP contribution >= 0.6 is 0 Å². The number of aromatic nitrogens is 2. The van der Waals surface area contributed by atoms with Gasteiger partial charge in [-0.1, -0.05) is 29.8 Å². The highest BCUT2D eigenvalue weighted by molar-refractivity contribution is 5.78. The first-order valence-electron chi connectivity index (χ1n) is 6.26. The van der Waals surface area contributed by atoms with Gasteiger partial charge in [0.15, 0.2) is 0 Å². The molecule has 1 aromatic carbocycles. The zero-order valence-electron chi connectivity index (χ0n) is 11.0. The topological polar surface area (TPSA) is 21.1 Å². The molecule has 0 spiro atoms. The molecule has 0 bridgehead atoms. The van der Waals surface area contributed by atoms with Gasteiger partial charge in [-0.05, 0) is 32.9 Å². The van der Waals surface area contributed by atoms with Crippen molar-refractivity contribution in [3.63, 3.8) is 0 Å². The van der Waals surface area contributed by atoms with Crippen molar-refractivity contribution in [2.75, 3.05) is 5.01 Å². The summed E-state index contributed by atoms with van der Waals surface area (Å²) < 4.78 is 0. The molecule has 92 valence electrons. The molecule has 1 atom stereocenters. The average Bonchev–Trinajstić information content (AvgIpc) is 2.72. The minimum Gasteiger partial charge on any atom is -0.263 e. The molecule has 3 nitrogen and oxygen atoms in total. The third-order valence-corrected chi connectivity index (χ3v) is 3.35. The van der Waals surface area contributed by atoms with Gasteiger partial charge in [-0.3, -0.25) is 5.01 Å². The molecule has 2 heterocycles. The van der Waals surface area contributed by atoms with Crippen LogP contribution in [-0.4, -0.2) is 15.9 Å². The van der Waals surface area contributed by atoms with Crippen molar-refractivity contribution >= 4 is 10.9 Å². The fourth-order valence-corrected chi connectivity index (χ4v) is 2.67. The van der Waals surface area contributed by atoms with Gasteiger partial charge in [0.25, 0.3) is 0 Å². The lowest BCUT2D eigenvalue weighted by atomic mass is 10.1. The molecule has 3 rings (SSSR count). The highest BCUT2D eigenvalue weighted by atomic mass is 15.7. The molecule has 0 radical (unpaired) electrons. The molecule has 1 unspecified atom stereocenters. The number of rotatable bonds is 1. The molecule has 0 saturated carbocycles. The van der Waals surface area contributed by atoms with Crippen LogP contribution in [-0.2, 0) is 0 Å². The SMILES string of the molecule is CC1=CC(C)N(n2ncc3ccccc32)C(C)=C1. The van der Waals surface area contributed by atoms with Crippen molar-refractivity contribution in [2.24, 2.45) is 0 Å². The van der Waals surface area contributed by atoms with E-state index in [1.807, 2.05) is 17.1 Å². The normalized spacial score (nSPS) is 19.9. The fraction of sp³-hybridized carbons (Fsp3) is 0.267. The molecule has 3 heteroatoms. The molecule has 0 N–H and O–H groups in total. The van der Waals surface area contributed by atoms with E-state index >= 15 is 0 Å². The van der Waals surface area contributed by atoms with Gasteiger partial charge < -0.3 is 0 Å². The van der Waals surface area contributed by atoms with Crippen LogP contribution in [0, 0.1) is 0 Å². The summed E-state index contributed by atoms with van der Waals surface area (Å²) in [6.07, 6.45) is 6.36. The Morgan fingerprint density at radius 3 is 2.72 bits per heavy atom. The van der Waals surface area contributed by atoms with E-state index in [2.05, 4.69) is 61.2 Å². The van der Waals surface area contributed by atoms with Crippen LogP contribution in [0.15, 0.2) is 53.9 Å². The summed E-state index contributed by atoms with van der Waals surface area (Å²) in [5.41, 5.74) is 3.68. The smallest absolute Gasteiger partial charge is 0.0924 e. The lowest BCUT2D eigenvalue weighted by Gasteiger charge is -2.33. The van der Waals surface area contributed by atoms with E-state index in [9.17, 15) is 0 Å². The van der Waals surface area contributed by atoms with Gasteiger partial charge in [0.1, 0.15) is 0 Å². The summed E-state index contributed by atoms with van der Waals surface area (Å²) >= 11 is 0. The van der Waals surface area contributed by atoms with E-state index in [1.54, 1.807) is 0 Å². The Kier molecular flexibility index (Phi) is 2.47. The van der Waals surface area contributed by atoms with E-state index in [4.69, 9.17) is 0 Å². The number of allylic oxidation sites excluding steroid dienone is 3.